The highest BCUT2D eigenvalue weighted by Crippen LogP contribution is 2.21. The van der Waals surface area contributed by atoms with Gasteiger partial charge in [-0.3, -0.25) is 0 Å². The summed E-state index contributed by atoms with van der Waals surface area (Å²) < 4.78 is 22.5. The maximum absolute atomic E-state index is 11.3. The van der Waals surface area contributed by atoms with Gasteiger partial charge in [-0.1, -0.05) is 13.0 Å². The molecule has 3 N–H and O–H groups in total. The molecule has 0 bridgehead atoms. The minimum Gasteiger partial charge on any atom is -0.396 e. The van der Waals surface area contributed by atoms with Gasteiger partial charge in [-0.05, 0) is 12.1 Å². The number of rotatable bonds is 5. The average Bonchev–Trinajstić information content (AvgIpc) is 2.31. The highest BCUT2D eigenvalue weighted by atomic mass is 32.2. The van der Waals surface area contributed by atoms with E-state index in [4.69, 9.17) is 11.0 Å². The standard InChI is InChI=1S/C11H15N3O2S/c1-2-17(15,16)7-6-14-10-5-3-4-9(8-12)11(10)13/h3-5,14H,2,6-7,13H2,1H3. The van der Waals surface area contributed by atoms with Gasteiger partial charge in [-0.2, -0.15) is 5.26 Å². The predicted molar refractivity (Wildman–Crippen MR) is 68.4 cm³/mol. The van der Waals surface area contributed by atoms with E-state index < -0.39 is 9.84 Å². The molecule has 0 radical (unpaired) electrons. The summed E-state index contributed by atoms with van der Waals surface area (Å²) >= 11 is 0. The molecular formula is C11H15N3O2S. The normalized spacial score (nSPS) is 10.8. The highest BCUT2D eigenvalue weighted by Gasteiger charge is 2.08. The summed E-state index contributed by atoms with van der Waals surface area (Å²) in [6.45, 7) is 1.90. The van der Waals surface area contributed by atoms with E-state index in [0.29, 0.717) is 16.9 Å². The number of benzene rings is 1. The quantitative estimate of drug-likeness (QED) is 0.763. The van der Waals surface area contributed by atoms with Gasteiger partial charge in [0.1, 0.15) is 6.07 Å². The average molecular weight is 253 g/mol. The molecule has 0 unspecified atom stereocenters. The number of sulfone groups is 1. The van der Waals surface area contributed by atoms with Crippen LogP contribution in [0.1, 0.15) is 12.5 Å². The lowest BCUT2D eigenvalue weighted by Crippen LogP contribution is -2.17. The molecule has 0 atom stereocenters. The Kier molecular flexibility index (Phi) is 4.35. The molecule has 0 aromatic heterocycles. The van der Waals surface area contributed by atoms with E-state index >= 15 is 0 Å². The molecule has 1 rings (SSSR count). The Morgan fingerprint density at radius 2 is 2.18 bits per heavy atom. The van der Waals surface area contributed by atoms with Crippen molar-refractivity contribution in [1.82, 2.24) is 0 Å². The van der Waals surface area contributed by atoms with Crippen LogP contribution >= 0.6 is 0 Å². The molecule has 17 heavy (non-hydrogen) atoms. The summed E-state index contributed by atoms with van der Waals surface area (Å²) in [6.07, 6.45) is 0. The number of anilines is 2. The van der Waals surface area contributed by atoms with Crippen molar-refractivity contribution in [1.29, 1.82) is 5.26 Å². The third kappa shape index (κ3) is 3.64. The molecular weight excluding hydrogens is 238 g/mol. The Morgan fingerprint density at radius 3 is 2.76 bits per heavy atom. The van der Waals surface area contributed by atoms with Gasteiger partial charge >= 0.3 is 0 Å². The molecule has 0 heterocycles. The van der Waals surface area contributed by atoms with Gasteiger partial charge in [-0.15, -0.1) is 0 Å². The van der Waals surface area contributed by atoms with Crippen molar-refractivity contribution in [3.05, 3.63) is 23.8 Å². The first kappa shape index (κ1) is 13.3. The number of nitrogens with zero attached hydrogens (tertiary/aromatic N) is 1. The largest absolute Gasteiger partial charge is 0.396 e. The molecule has 1 aromatic rings. The molecule has 0 aliphatic rings. The minimum atomic E-state index is -2.99. The maximum Gasteiger partial charge on any atom is 0.151 e. The summed E-state index contributed by atoms with van der Waals surface area (Å²) in [5.74, 6) is 0.183. The van der Waals surface area contributed by atoms with Crippen LogP contribution in [-0.2, 0) is 9.84 Å². The number of para-hydroxylation sites is 1. The molecule has 0 aliphatic heterocycles. The Bertz CT molecular complexity index is 532. The Labute approximate surface area is 101 Å². The van der Waals surface area contributed by atoms with Crippen LogP contribution in [0.3, 0.4) is 0 Å². The topological polar surface area (TPSA) is 96.0 Å². The van der Waals surface area contributed by atoms with Crippen LogP contribution in [0.5, 0.6) is 0 Å². The second-order valence-corrected chi connectivity index (χ2v) is 6.01. The van der Waals surface area contributed by atoms with Gasteiger partial charge in [0.2, 0.25) is 0 Å². The van der Waals surface area contributed by atoms with Crippen molar-refractivity contribution in [2.75, 3.05) is 29.1 Å². The van der Waals surface area contributed by atoms with Crippen molar-refractivity contribution in [2.45, 2.75) is 6.92 Å². The molecule has 6 heteroatoms. The zero-order valence-corrected chi connectivity index (χ0v) is 10.4. The molecule has 0 saturated heterocycles. The van der Waals surface area contributed by atoms with E-state index in [1.165, 1.54) is 0 Å². The molecule has 92 valence electrons. The summed E-state index contributed by atoms with van der Waals surface area (Å²) in [5.41, 5.74) is 7.07. The van der Waals surface area contributed by atoms with Crippen LogP contribution < -0.4 is 11.1 Å². The van der Waals surface area contributed by atoms with Crippen LogP contribution in [0.25, 0.3) is 0 Å². The number of nitriles is 1. The summed E-state index contributed by atoms with van der Waals surface area (Å²) in [4.78, 5) is 0. The van der Waals surface area contributed by atoms with Crippen molar-refractivity contribution in [3.8, 4) is 6.07 Å². The van der Waals surface area contributed by atoms with Crippen molar-refractivity contribution >= 4 is 21.2 Å². The van der Waals surface area contributed by atoms with Crippen molar-refractivity contribution in [3.63, 3.8) is 0 Å². The third-order valence-electron chi connectivity index (χ3n) is 2.39. The van der Waals surface area contributed by atoms with Gasteiger partial charge in [0.25, 0.3) is 0 Å². The van der Waals surface area contributed by atoms with E-state index in [1.807, 2.05) is 6.07 Å². The number of nitrogens with two attached hydrogens (primary N) is 1. The molecule has 5 nitrogen and oxygen atoms in total. The Morgan fingerprint density at radius 1 is 1.47 bits per heavy atom. The Balaban J connectivity index is 2.69. The van der Waals surface area contributed by atoms with E-state index in [-0.39, 0.29) is 18.1 Å². The van der Waals surface area contributed by atoms with Crippen LogP contribution in [0.4, 0.5) is 11.4 Å². The smallest absolute Gasteiger partial charge is 0.151 e. The van der Waals surface area contributed by atoms with Crippen LogP contribution in [-0.4, -0.2) is 26.5 Å². The fourth-order valence-corrected chi connectivity index (χ4v) is 2.00. The van der Waals surface area contributed by atoms with Gasteiger partial charge in [0, 0.05) is 12.3 Å². The van der Waals surface area contributed by atoms with E-state index in [2.05, 4.69) is 5.32 Å². The second-order valence-electron chi connectivity index (χ2n) is 3.54. The van der Waals surface area contributed by atoms with Gasteiger partial charge in [0.15, 0.2) is 9.84 Å². The molecule has 0 spiro atoms. The fraction of sp³-hybridized carbons (Fsp3) is 0.364. The van der Waals surface area contributed by atoms with Crippen LogP contribution in [0.15, 0.2) is 18.2 Å². The lowest BCUT2D eigenvalue weighted by Gasteiger charge is -2.09. The summed E-state index contributed by atoms with van der Waals surface area (Å²) in [5, 5.41) is 11.7. The zero-order chi connectivity index (χ0) is 12.9. The van der Waals surface area contributed by atoms with E-state index in [1.54, 1.807) is 25.1 Å². The van der Waals surface area contributed by atoms with Gasteiger partial charge < -0.3 is 11.1 Å². The third-order valence-corrected chi connectivity index (χ3v) is 4.10. The zero-order valence-electron chi connectivity index (χ0n) is 9.60. The SMILES string of the molecule is CCS(=O)(=O)CCNc1cccc(C#N)c1N. The minimum absolute atomic E-state index is 0.0553. The van der Waals surface area contributed by atoms with Crippen LogP contribution in [0, 0.1) is 11.3 Å². The first-order chi connectivity index (χ1) is 8.00. The van der Waals surface area contributed by atoms with Crippen molar-refractivity contribution in [2.24, 2.45) is 0 Å². The summed E-state index contributed by atoms with van der Waals surface area (Å²) in [7, 11) is -2.99. The first-order valence-electron chi connectivity index (χ1n) is 5.23. The predicted octanol–water partition coefficient (Wildman–Crippen LogP) is 0.987. The van der Waals surface area contributed by atoms with E-state index in [0.717, 1.165) is 0 Å². The molecule has 0 saturated carbocycles. The number of hydrogen-bond donors (Lipinski definition) is 2. The highest BCUT2D eigenvalue weighted by molar-refractivity contribution is 7.91. The lowest BCUT2D eigenvalue weighted by molar-refractivity contribution is 0.597. The van der Waals surface area contributed by atoms with Gasteiger partial charge in [0.05, 0.1) is 22.7 Å². The van der Waals surface area contributed by atoms with Crippen LogP contribution in [0.2, 0.25) is 0 Å². The second kappa shape index (κ2) is 5.55. The monoisotopic (exact) mass is 253 g/mol. The lowest BCUT2D eigenvalue weighted by atomic mass is 10.1. The number of nitrogen functional groups attached to an aromatic ring is 1. The molecule has 0 fully saturated rings. The van der Waals surface area contributed by atoms with Gasteiger partial charge in [-0.25, -0.2) is 8.42 Å². The molecule has 1 aromatic carbocycles. The molecule has 0 aliphatic carbocycles. The fourth-order valence-electron chi connectivity index (χ4n) is 1.30. The number of hydrogen-bond acceptors (Lipinski definition) is 5. The maximum atomic E-state index is 11.3. The Hall–Kier alpha value is -1.74. The van der Waals surface area contributed by atoms with E-state index in [9.17, 15) is 8.42 Å². The van der Waals surface area contributed by atoms with Crippen molar-refractivity contribution < 1.29 is 8.42 Å². The number of nitrogens with one attached hydrogen (secondary N) is 1. The first-order valence-corrected chi connectivity index (χ1v) is 7.05. The summed E-state index contributed by atoms with van der Waals surface area (Å²) in [6, 6.07) is 7.00. The molecule has 0 amide bonds.